The Morgan fingerprint density at radius 1 is 1.33 bits per heavy atom. The lowest BCUT2D eigenvalue weighted by atomic mass is 9.75. The number of fused-ring (bicyclic) bond motifs is 3. The molecule has 134 valence electrons. The molecule has 0 spiro atoms. The minimum absolute atomic E-state index is 0. The van der Waals surface area contributed by atoms with Gasteiger partial charge in [-0.25, -0.2) is 9.97 Å². The van der Waals surface area contributed by atoms with E-state index in [1.807, 2.05) is 6.92 Å². The fraction of sp³-hybridized carbons (Fsp3) is 0.647. The lowest BCUT2D eigenvalue weighted by molar-refractivity contribution is 0.125. The molecule has 2 heterocycles. The van der Waals surface area contributed by atoms with Gasteiger partial charge in [-0.2, -0.15) is 0 Å². The molecule has 0 atom stereocenters. The highest BCUT2D eigenvalue weighted by Crippen LogP contribution is 2.40. The first-order valence-electron chi connectivity index (χ1n) is 8.36. The summed E-state index contributed by atoms with van der Waals surface area (Å²) >= 11 is 0. The van der Waals surface area contributed by atoms with Crippen molar-refractivity contribution >= 4 is 16.9 Å². The molecule has 5 N–H and O–H groups in total. The molecule has 7 nitrogen and oxygen atoms in total. The maximum atomic E-state index is 9.49. The van der Waals surface area contributed by atoms with E-state index in [0.29, 0.717) is 25.6 Å². The van der Waals surface area contributed by atoms with Crippen LogP contribution in [0.5, 0.6) is 0 Å². The maximum Gasteiger partial charge on any atom is 0.151 e. The number of rotatable bonds is 5. The number of pyridine rings is 1. The van der Waals surface area contributed by atoms with Gasteiger partial charge in [0.15, 0.2) is 5.82 Å². The molecule has 2 aromatic heterocycles. The number of aryl methyl sites for hydroxylation is 1. The van der Waals surface area contributed by atoms with Crippen LogP contribution in [-0.4, -0.2) is 38.3 Å². The van der Waals surface area contributed by atoms with Gasteiger partial charge < -0.3 is 25.6 Å². The second-order valence-corrected chi connectivity index (χ2v) is 6.80. The molecule has 0 unspecified atom stereocenters. The number of imidazole rings is 1. The lowest BCUT2D eigenvalue weighted by Gasteiger charge is -2.32. The number of aliphatic hydroxyl groups excluding tert-OH is 1. The van der Waals surface area contributed by atoms with Crippen molar-refractivity contribution in [3.8, 4) is 0 Å². The van der Waals surface area contributed by atoms with Gasteiger partial charge in [-0.15, -0.1) is 0 Å². The smallest absolute Gasteiger partial charge is 0.151 e. The summed E-state index contributed by atoms with van der Waals surface area (Å²) in [5.74, 6) is 1.28. The van der Waals surface area contributed by atoms with E-state index < -0.39 is 0 Å². The topological polar surface area (TPSA) is 118 Å². The summed E-state index contributed by atoms with van der Waals surface area (Å²) in [4.78, 5) is 9.35. The fourth-order valence-electron chi connectivity index (χ4n) is 3.60. The highest BCUT2D eigenvalue weighted by Gasteiger charge is 2.32. The third-order valence-electron chi connectivity index (χ3n) is 4.72. The average molecular weight is 336 g/mol. The molecule has 0 saturated heterocycles. The molecule has 24 heavy (non-hydrogen) atoms. The maximum absolute atomic E-state index is 9.49. The largest absolute Gasteiger partial charge is 0.412 e. The standard InChI is InChI=1S/C17H26N4O2.H2O/c1-4-23-10-12-19-13-14(21(12)8-9-22)11-6-5-7-17(2,3)15(11)20-16(13)18;/h22H,4-10H2,1-3H3,(H2,18,20);1H2. The van der Waals surface area contributed by atoms with Gasteiger partial charge in [0.1, 0.15) is 17.9 Å². The molecule has 0 aromatic carbocycles. The molecular weight excluding hydrogens is 308 g/mol. The molecular formula is C17H28N4O3. The van der Waals surface area contributed by atoms with Crippen LogP contribution in [0.25, 0.3) is 11.0 Å². The van der Waals surface area contributed by atoms with Gasteiger partial charge >= 0.3 is 0 Å². The van der Waals surface area contributed by atoms with Crippen molar-refractivity contribution in [1.29, 1.82) is 0 Å². The molecule has 3 rings (SSSR count). The van der Waals surface area contributed by atoms with Crippen molar-refractivity contribution in [3.63, 3.8) is 0 Å². The van der Waals surface area contributed by atoms with Crippen LogP contribution in [0.15, 0.2) is 0 Å². The van der Waals surface area contributed by atoms with Gasteiger partial charge in [0.2, 0.25) is 0 Å². The van der Waals surface area contributed by atoms with Crippen LogP contribution in [0.4, 0.5) is 5.82 Å². The van der Waals surface area contributed by atoms with Crippen LogP contribution in [-0.2, 0) is 29.7 Å². The quantitative estimate of drug-likeness (QED) is 0.854. The van der Waals surface area contributed by atoms with Crippen molar-refractivity contribution in [2.75, 3.05) is 18.9 Å². The minimum Gasteiger partial charge on any atom is -0.412 e. The molecule has 7 heteroatoms. The average Bonchev–Trinajstić information content (AvgIpc) is 2.86. The first kappa shape index (κ1) is 18.6. The Morgan fingerprint density at radius 2 is 2.08 bits per heavy atom. The van der Waals surface area contributed by atoms with E-state index in [1.54, 1.807) is 0 Å². The number of aromatic nitrogens is 3. The molecule has 0 amide bonds. The summed E-state index contributed by atoms with van der Waals surface area (Å²) in [5.41, 5.74) is 10.3. The number of anilines is 1. The van der Waals surface area contributed by atoms with E-state index >= 15 is 0 Å². The van der Waals surface area contributed by atoms with Crippen LogP contribution >= 0.6 is 0 Å². The number of nitrogens with zero attached hydrogens (tertiary/aromatic N) is 3. The van der Waals surface area contributed by atoms with Gasteiger partial charge in [0.05, 0.1) is 17.8 Å². The zero-order chi connectivity index (χ0) is 16.6. The van der Waals surface area contributed by atoms with Crippen LogP contribution in [0.2, 0.25) is 0 Å². The number of nitrogen functional groups attached to an aromatic ring is 1. The van der Waals surface area contributed by atoms with E-state index in [0.717, 1.165) is 41.8 Å². The van der Waals surface area contributed by atoms with Crippen molar-refractivity contribution < 1.29 is 15.3 Å². The van der Waals surface area contributed by atoms with E-state index in [1.165, 1.54) is 5.56 Å². The second-order valence-electron chi connectivity index (χ2n) is 6.80. The summed E-state index contributed by atoms with van der Waals surface area (Å²) in [6.07, 6.45) is 3.22. The van der Waals surface area contributed by atoms with Crippen molar-refractivity contribution in [1.82, 2.24) is 14.5 Å². The highest BCUT2D eigenvalue weighted by atomic mass is 16.5. The van der Waals surface area contributed by atoms with Gasteiger partial charge in [0.25, 0.3) is 0 Å². The highest BCUT2D eigenvalue weighted by molar-refractivity contribution is 5.89. The van der Waals surface area contributed by atoms with Gasteiger partial charge in [-0.1, -0.05) is 13.8 Å². The van der Waals surface area contributed by atoms with E-state index in [4.69, 9.17) is 10.5 Å². The Bertz CT molecular complexity index is 724. The fourth-order valence-corrected chi connectivity index (χ4v) is 3.60. The van der Waals surface area contributed by atoms with E-state index in [9.17, 15) is 5.11 Å². The number of aliphatic hydroxyl groups is 1. The zero-order valence-corrected chi connectivity index (χ0v) is 14.7. The third-order valence-corrected chi connectivity index (χ3v) is 4.72. The Morgan fingerprint density at radius 3 is 2.75 bits per heavy atom. The van der Waals surface area contributed by atoms with Gasteiger partial charge in [-0.3, -0.25) is 0 Å². The van der Waals surface area contributed by atoms with Gasteiger partial charge in [0, 0.05) is 24.1 Å². The molecule has 0 radical (unpaired) electrons. The summed E-state index contributed by atoms with van der Waals surface area (Å²) in [7, 11) is 0. The van der Waals surface area contributed by atoms with Gasteiger partial charge in [-0.05, 0) is 26.2 Å². The summed E-state index contributed by atoms with van der Waals surface area (Å²) < 4.78 is 7.59. The Kier molecular flexibility index (Phi) is 5.47. The lowest BCUT2D eigenvalue weighted by Crippen LogP contribution is -2.26. The molecule has 1 aliphatic rings. The SMILES string of the molecule is CCOCc1nc2c(N)nc3c(c2n1CCO)CCCC3(C)C.O. The normalized spacial score (nSPS) is 16.0. The van der Waals surface area contributed by atoms with Crippen molar-refractivity contribution in [2.24, 2.45) is 0 Å². The van der Waals surface area contributed by atoms with Crippen molar-refractivity contribution in [3.05, 3.63) is 17.1 Å². The zero-order valence-electron chi connectivity index (χ0n) is 14.7. The molecule has 1 aliphatic carbocycles. The van der Waals surface area contributed by atoms with Crippen molar-refractivity contribution in [2.45, 2.75) is 58.6 Å². The number of hydrogen-bond donors (Lipinski definition) is 2. The molecule has 0 aliphatic heterocycles. The summed E-state index contributed by atoms with van der Waals surface area (Å²) in [6, 6.07) is 0. The van der Waals surface area contributed by atoms with E-state index in [-0.39, 0.29) is 17.5 Å². The first-order chi connectivity index (χ1) is 11.0. The third kappa shape index (κ3) is 2.99. The Balaban J connectivity index is 0.00000208. The van der Waals surface area contributed by atoms with Crippen LogP contribution in [0.1, 0.15) is 50.7 Å². The van der Waals surface area contributed by atoms with Crippen LogP contribution < -0.4 is 5.73 Å². The number of ether oxygens (including phenoxy) is 1. The first-order valence-corrected chi connectivity index (χ1v) is 8.36. The molecule has 0 fully saturated rings. The van der Waals surface area contributed by atoms with E-state index in [2.05, 4.69) is 28.4 Å². The number of hydrogen-bond acceptors (Lipinski definition) is 5. The Labute approximate surface area is 142 Å². The molecule has 0 saturated carbocycles. The summed E-state index contributed by atoms with van der Waals surface area (Å²) in [5, 5.41) is 9.49. The van der Waals surface area contributed by atoms with Crippen LogP contribution in [0.3, 0.4) is 0 Å². The molecule has 0 bridgehead atoms. The Hall–Kier alpha value is -1.70. The predicted molar refractivity (Wildman–Crippen MR) is 93.9 cm³/mol. The minimum atomic E-state index is 0. The molecule has 2 aromatic rings. The van der Waals surface area contributed by atoms with Crippen LogP contribution in [0, 0.1) is 0 Å². The predicted octanol–water partition coefficient (Wildman–Crippen LogP) is 1.33. The second kappa shape index (κ2) is 7.04. The summed E-state index contributed by atoms with van der Waals surface area (Å²) in [6.45, 7) is 8.00. The number of nitrogens with two attached hydrogens (primary N) is 1. The monoisotopic (exact) mass is 336 g/mol.